The summed E-state index contributed by atoms with van der Waals surface area (Å²) >= 11 is 0. The van der Waals surface area contributed by atoms with Crippen molar-refractivity contribution >= 4 is 11.6 Å². The Morgan fingerprint density at radius 1 is 1.38 bits per heavy atom. The smallest absolute Gasteiger partial charge is 0.265 e. The van der Waals surface area contributed by atoms with Crippen LogP contribution in [-0.4, -0.2) is 18.6 Å². The van der Waals surface area contributed by atoms with E-state index in [0.717, 1.165) is 22.6 Å². The first kappa shape index (κ1) is 11.0. The van der Waals surface area contributed by atoms with E-state index in [1.54, 1.807) is 0 Å². The Bertz CT molecular complexity index is 429. The van der Waals surface area contributed by atoms with E-state index in [9.17, 15) is 4.79 Å². The molecule has 0 bridgehead atoms. The van der Waals surface area contributed by atoms with E-state index in [1.165, 1.54) is 0 Å². The van der Waals surface area contributed by atoms with Crippen LogP contribution in [0.5, 0.6) is 5.75 Å². The van der Waals surface area contributed by atoms with Crippen LogP contribution in [0.3, 0.4) is 0 Å². The van der Waals surface area contributed by atoms with Gasteiger partial charge in [-0.05, 0) is 43.7 Å². The van der Waals surface area contributed by atoms with E-state index < -0.39 is 6.10 Å². The van der Waals surface area contributed by atoms with Crippen LogP contribution in [0.15, 0.2) is 12.1 Å². The van der Waals surface area contributed by atoms with Gasteiger partial charge in [0.25, 0.3) is 5.91 Å². The summed E-state index contributed by atoms with van der Waals surface area (Å²) in [4.78, 5) is 11.7. The van der Waals surface area contributed by atoms with Gasteiger partial charge in [-0.2, -0.15) is 0 Å². The summed E-state index contributed by atoms with van der Waals surface area (Å²) in [7, 11) is 0. The van der Waals surface area contributed by atoms with Gasteiger partial charge in [0.05, 0.1) is 5.69 Å². The number of rotatable bonds is 2. The fraction of sp³-hybridized carbons (Fsp3) is 0.417. The molecule has 0 fully saturated rings. The number of aryl methyl sites for hydroxylation is 2. The van der Waals surface area contributed by atoms with Crippen LogP contribution in [0.2, 0.25) is 0 Å². The summed E-state index contributed by atoms with van der Waals surface area (Å²) in [5.41, 5.74) is 8.48. The fourth-order valence-corrected chi connectivity index (χ4v) is 1.75. The maximum absolute atomic E-state index is 11.7. The lowest BCUT2D eigenvalue weighted by Gasteiger charge is -2.26. The van der Waals surface area contributed by atoms with E-state index in [0.29, 0.717) is 13.0 Å². The molecule has 3 N–H and O–H groups in total. The third-order valence-corrected chi connectivity index (χ3v) is 2.84. The summed E-state index contributed by atoms with van der Waals surface area (Å²) in [6.45, 7) is 4.47. The van der Waals surface area contributed by atoms with Crippen molar-refractivity contribution in [2.45, 2.75) is 26.4 Å². The first-order valence-electron chi connectivity index (χ1n) is 5.40. The molecule has 0 aliphatic carbocycles. The minimum atomic E-state index is -0.459. The molecule has 0 saturated heterocycles. The second-order valence-electron chi connectivity index (χ2n) is 4.11. The zero-order valence-corrected chi connectivity index (χ0v) is 9.54. The molecule has 0 saturated carbocycles. The van der Waals surface area contributed by atoms with Crippen LogP contribution in [0.25, 0.3) is 0 Å². The van der Waals surface area contributed by atoms with Crippen LogP contribution in [-0.2, 0) is 4.79 Å². The van der Waals surface area contributed by atoms with Crippen LogP contribution >= 0.6 is 0 Å². The Balaban J connectivity index is 2.32. The van der Waals surface area contributed by atoms with Gasteiger partial charge >= 0.3 is 0 Å². The van der Waals surface area contributed by atoms with Gasteiger partial charge in [0, 0.05) is 6.42 Å². The van der Waals surface area contributed by atoms with Gasteiger partial charge in [-0.1, -0.05) is 0 Å². The highest BCUT2D eigenvalue weighted by molar-refractivity contribution is 5.97. The van der Waals surface area contributed by atoms with Gasteiger partial charge in [0.2, 0.25) is 0 Å². The highest BCUT2D eigenvalue weighted by Crippen LogP contribution is 2.32. The van der Waals surface area contributed by atoms with Gasteiger partial charge in [0.15, 0.2) is 6.10 Å². The largest absolute Gasteiger partial charge is 0.478 e. The molecule has 16 heavy (non-hydrogen) atoms. The molecular formula is C12H16N2O2. The molecule has 0 spiro atoms. The maximum Gasteiger partial charge on any atom is 0.265 e. The highest BCUT2D eigenvalue weighted by Gasteiger charge is 2.27. The van der Waals surface area contributed by atoms with Gasteiger partial charge in [0.1, 0.15) is 5.75 Å². The van der Waals surface area contributed by atoms with Crippen molar-refractivity contribution in [1.82, 2.24) is 0 Å². The van der Waals surface area contributed by atoms with E-state index in [2.05, 4.69) is 5.32 Å². The maximum atomic E-state index is 11.7. The van der Waals surface area contributed by atoms with Crippen molar-refractivity contribution in [3.05, 3.63) is 23.3 Å². The molecule has 1 heterocycles. The van der Waals surface area contributed by atoms with E-state index in [4.69, 9.17) is 10.5 Å². The normalized spacial score (nSPS) is 18.7. The van der Waals surface area contributed by atoms with E-state index in [-0.39, 0.29) is 5.91 Å². The second kappa shape index (κ2) is 4.14. The molecule has 1 amide bonds. The molecule has 86 valence electrons. The van der Waals surface area contributed by atoms with Gasteiger partial charge in [-0.3, -0.25) is 4.79 Å². The number of carbonyl (C=O) groups excluding carboxylic acids is 1. The van der Waals surface area contributed by atoms with Crippen LogP contribution in [0, 0.1) is 13.8 Å². The standard InChI is InChI=1S/C12H16N2O2/c1-7-5-9-11(6-8(7)2)16-10(3-4-13)12(15)14-9/h5-6,10H,3-4,13H2,1-2H3,(H,14,15). The van der Waals surface area contributed by atoms with E-state index in [1.807, 2.05) is 26.0 Å². The van der Waals surface area contributed by atoms with Crippen molar-refractivity contribution in [2.75, 3.05) is 11.9 Å². The predicted molar refractivity (Wildman–Crippen MR) is 62.6 cm³/mol. The number of anilines is 1. The Kier molecular flexibility index (Phi) is 2.83. The molecule has 1 atom stereocenters. The molecular weight excluding hydrogens is 204 g/mol. The SMILES string of the molecule is Cc1cc2c(cc1C)OC(CCN)C(=O)N2. The lowest BCUT2D eigenvalue weighted by atomic mass is 10.1. The number of amides is 1. The third-order valence-electron chi connectivity index (χ3n) is 2.84. The van der Waals surface area contributed by atoms with Crippen molar-refractivity contribution in [3.8, 4) is 5.75 Å². The Labute approximate surface area is 94.8 Å². The number of nitrogens with one attached hydrogen (secondary N) is 1. The molecule has 1 aliphatic rings. The minimum absolute atomic E-state index is 0.110. The summed E-state index contributed by atoms with van der Waals surface area (Å²) in [6.07, 6.45) is 0.0812. The fourth-order valence-electron chi connectivity index (χ4n) is 1.75. The first-order valence-corrected chi connectivity index (χ1v) is 5.40. The Morgan fingerprint density at radius 3 is 2.75 bits per heavy atom. The van der Waals surface area contributed by atoms with Crippen LogP contribution in [0.1, 0.15) is 17.5 Å². The lowest BCUT2D eigenvalue weighted by Crippen LogP contribution is -2.38. The summed E-state index contributed by atoms with van der Waals surface area (Å²) in [5, 5.41) is 2.84. The molecule has 1 aromatic carbocycles. The highest BCUT2D eigenvalue weighted by atomic mass is 16.5. The molecule has 0 aromatic heterocycles. The van der Waals surface area contributed by atoms with Crippen LogP contribution < -0.4 is 15.8 Å². The number of fused-ring (bicyclic) bond motifs is 1. The lowest BCUT2D eigenvalue weighted by molar-refractivity contribution is -0.123. The Hall–Kier alpha value is -1.55. The monoisotopic (exact) mass is 220 g/mol. The number of ether oxygens (including phenoxy) is 1. The second-order valence-corrected chi connectivity index (χ2v) is 4.11. The zero-order valence-electron chi connectivity index (χ0n) is 9.54. The molecule has 1 aliphatic heterocycles. The molecule has 1 aromatic rings. The van der Waals surface area contributed by atoms with Gasteiger partial charge < -0.3 is 15.8 Å². The summed E-state index contributed by atoms with van der Waals surface area (Å²) in [6, 6.07) is 3.88. The van der Waals surface area contributed by atoms with Gasteiger partial charge in [-0.25, -0.2) is 0 Å². The molecule has 1 unspecified atom stereocenters. The number of benzene rings is 1. The average Bonchev–Trinajstić information content (AvgIpc) is 2.23. The van der Waals surface area contributed by atoms with Crippen molar-refractivity contribution in [1.29, 1.82) is 0 Å². The molecule has 4 heteroatoms. The van der Waals surface area contributed by atoms with Crippen molar-refractivity contribution in [2.24, 2.45) is 5.73 Å². The molecule has 2 rings (SSSR count). The van der Waals surface area contributed by atoms with Crippen molar-refractivity contribution < 1.29 is 9.53 Å². The van der Waals surface area contributed by atoms with Crippen LogP contribution in [0.4, 0.5) is 5.69 Å². The minimum Gasteiger partial charge on any atom is -0.478 e. The average molecular weight is 220 g/mol. The number of nitrogens with two attached hydrogens (primary N) is 1. The molecule has 4 nitrogen and oxygen atoms in total. The first-order chi connectivity index (χ1) is 7.61. The number of carbonyl (C=O) groups is 1. The quantitative estimate of drug-likeness (QED) is 0.790. The molecule has 0 radical (unpaired) electrons. The Morgan fingerprint density at radius 2 is 2.06 bits per heavy atom. The third kappa shape index (κ3) is 1.88. The number of hydrogen-bond donors (Lipinski definition) is 2. The van der Waals surface area contributed by atoms with Crippen molar-refractivity contribution in [3.63, 3.8) is 0 Å². The van der Waals surface area contributed by atoms with Gasteiger partial charge in [-0.15, -0.1) is 0 Å². The topological polar surface area (TPSA) is 64.3 Å². The summed E-state index contributed by atoms with van der Waals surface area (Å²) in [5.74, 6) is 0.627. The predicted octanol–water partition coefficient (Wildman–Crippen LogP) is 1.35. The summed E-state index contributed by atoms with van der Waals surface area (Å²) < 4.78 is 5.63. The number of hydrogen-bond acceptors (Lipinski definition) is 3. The van der Waals surface area contributed by atoms with E-state index >= 15 is 0 Å². The zero-order chi connectivity index (χ0) is 11.7.